The van der Waals surface area contributed by atoms with Crippen molar-refractivity contribution in [2.24, 2.45) is 12.8 Å². The highest BCUT2D eigenvalue weighted by atomic mass is 32.1. The summed E-state index contributed by atoms with van der Waals surface area (Å²) < 4.78 is 1.80. The topological polar surface area (TPSA) is 56.7 Å². The maximum atomic E-state index is 6.11. The van der Waals surface area contributed by atoms with E-state index in [2.05, 4.69) is 10.1 Å². The Morgan fingerprint density at radius 3 is 2.93 bits per heavy atom. The molecule has 4 nitrogen and oxygen atoms in total. The lowest BCUT2D eigenvalue weighted by Crippen LogP contribution is -2.13. The highest BCUT2D eigenvalue weighted by Crippen LogP contribution is 2.19. The van der Waals surface area contributed by atoms with Gasteiger partial charge >= 0.3 is 0 Å². The van der Waals surface area contributed by atoms with Gasteiger partial charge in [0.25, 0.3) is 0 Å². The van der Waals surface area contributed by atoms with Crippen LogP contribution in [0.15, 0.2) is 17.8 Å². The molecular formula is C10H14N4S. The Balaban J connectivity index is 2.14. The zero-order chi connectivity index (χ0) is 10.8. The third kappa shape index (κ3) is 2.24. The molecule has 2 N–H and O–H groups in total. The minimum Gasteiger partial charge on any atom is -0.323 e. The van der Waals surface area contributed by atoms with Gasteiger partial charge in [0, 0.05) is 42.8 Å². The summed E-state index contributed by atoms with van der Waals surface area (Å²) in [4.78, 5) is 4.23. The summed E-state index contributed by atoms with van der Waals surface area (Å²) in [6, 6.07) is -0.00940. The lowest BCUT2D eigenvalue weighted by atomic mass is 10.1. The summed E-state index contributed by atoms with van der Waals surface area (Å²) >= 11 is 1.64. The fraction of sp³-hybridized carbons (Fsp3) is 0.400. The molecule has 2 heterocycles. The van der Waals surface area contributed by atoms with Crippen LogP contribution in [-0.2, 0) is 13.5 Å². The van der Waals surface area contributed by atoms with Crippen molar-refractivity contribution in [3.63, 3.8) is 0 Å². The summed E-state index contributed by atoms with van der Waals surface area (Å²) in [7, 11) is 1.91. The minimum atomic E-state index is -0.00940. The highest BCUT2D eigenvalue weighted by Gasteiger charge is 2.13. The van der Waals surface area contributed by atoms with Gasteiger partial charge in [0.2, 0.25) is 0 Å². The molecule has 0 aromatic carbocycles. The lowest BCUT2D eigenvalue weighted by molar-refractivity contribution is 0.711. The number of hydrogen-bond acceptors (Lipinski definition) is 4. The summed E-state index contributed by atoms with van der Waals surface area (Å²) in [5, 5.41) is 7.33. The standard InChI is InChI=1S/C10H14N4S/c1-7-8(6-14(2)13-7)9(11)5-10-12-3-4-15-10/h3-4,6,9H,5,11H2,1-2H3. The van der Waals surface area contributed by atoms with E-state index >= 15 is 0 Å². The molecule has 0 fully saturated rings. The molecule has 0 aliphatic carbocycles. The summed E-state index contributed by atoms with van der Waals surface area (Å²) in [5.41, 5.74) is 8.22. The zero-order valence-corrected chi connectivity index (χ0v) is 9.66. The van der Waals surface area contributed by atoms with Crippen LogP contribution < -0.4 is 5.73 Å². The van der Waals surface area contributed by atoms with Crippen LogP contribution in [-0.4, -0.2) is 14.8 Å². The fourth-order valence-electron chi connectivity index (χ4n) is 1.63. The molecule has 80 valence electrons. The fourth-order valence-corrected chi connectivity index (χ4v) is 2.31. The Morgan fingerprint density at radius 2 is 2.40 bits per heavy atom. The maximum Gasteiger partial charge on any atom is 0.0943 e. The SMILES string of the molecule is Cc1nn(C)cc1C(N)Cc1nccs1. The van der Waals surface area contributed by atoms with Crippen molar-refractivity contribution in [3.8, 4) is 0 Å². The predicted octanol–water partition coefficient (Wildman–Crippen LogP) is 1.43. The van der Waals surface area contributed by atoms with Gasteiger partial charge < -0.3 is 5.73 Å². The van der Waals surface area contributed by atoms with E-state index in [4.69, 9.17) is 5.73 Å². The van der Waals surface area contributed by atoms with E-state index in [1.807, 2.05) is 31.7 Å². The van der Waals surface area contributed by atoms with Gasteiger partial charge in [-0.2, -0.15) is 5.10 Å². The summed E-state index contributed by atoms with van der Waals surface area (Å²) in [6.07, 6.45) is 4.57. The monoisotopic (exact) mass is 222 g/mol. The van der Waals surface area contributed by atoms with E-state index < -0.39 is 0 Å². The van der Waals surface area contributed by atoms with E-state index in [1.54, 1.807) is 16.0 Å². The van der Waals surface area contributed by atoms with Gasteiger partial charge in [0.1, 0.15) is 0 Å². The van der Waals surface area contributed by atoms with E-state index in [9.17, 15) is 0 Å². The van der Waals surface area contributed by atoms with Crippen LogP contribution in [0.25, 0.3) is 0 Å². The molecule has 1 atom stereocenters. The van der Waals surface area contributed by atoms with Gasteiger partial charge in [-0.05, 0) is 6.92 Å². The second-order valence-corrected chi connectivity index (χ2v) is 4.56. The molecule has 0 amide bonds. The first-order valence-corrected chi connectivity index (χ1v) is 5.69. The van der Waals surface area contributed by atoms with Crippen LogP contribution in [0.1, 0.15) is 22.3 Å². The summed E-state index contributed by atoms with van der Waals surface area (Å²) in [5.74, 6) is 0. The Labute approximate surface area is 92.8 Å². The minimum absolute atomic E-state index is 0.00940. The molecule has 2 aromatic rings. The molecule has 0 aliphatic rings. The van der Waals surface area contributed by atoms with Crippen molar-refractivity contribution in [2.45, 2.75) is 19.4 Å². The molecule has 0 bridgehead atoms. The first-order chi connectivity index (χ1) is 7.16. The second kappa shape index (κ2) is 4.12. The Hall–Kier alpha value is -1.20. The number of nitrogens with two attached hydrogens (primary N) is 1. The highest BCUT2D eigenvalue weighted by molar-refractivity contribution is 7.09. The molecule has 0 spiro atoms. The van der Waals surface area contributed by atoms with Crippen LogP contribution in [0.4, 0.5) is 0 Å². The van der Waals surface area contributed by atoms with Gasteiger partial charge in [-0.3, -0.25) is 4.68 Å². The van der Waals surface area contributed by atoms with Gasteiger partial charge in [0.05, 0.1) is 10.7 Å². The molecule has 0 saturated carbocycles. The molecule has 1 unspecified atom stereocenters. The van der Waals surface area contributed by atoms with Gasteiger partial charge in [-0.15, -0.1) is 11.3 Å². The average molecular weight is 222 g/mol. The number of hydrogen-bond donors (Lipinski definition) is 1. The van der Waals surface area contributed by atoms with Crippen molar-refractivity contribution < 1.29 is 0 Å². The number of nitrogens with zero attached hydrogens (tertiary/aromatic N) is 3. The summed E-state index contributed by atoms with van der Waals surface area (Å²) in [6.45, 7) is 1.98. The number of aromatic nitrogens is 3. The van der Waals surface area contributed by atoms with Crippen LogP contribution >= 0.6 is 11.3 Å². The molecule has 0 saturated heterocycles. The molecule has 2 rings (SSSR count). The molecular weight excluding hydrogens is 208 g/mol. The molecule has 5 heteroatoms. The van der Waals surface area contributed by atoms with Crippen LogP contribution in [0.3, 0.4) is 0 Å². The van der Waals surface area contributed by atoms with Crippen molar-refractivity contribution in [1.82, 2.24) is 14.8 Å². The normalized spacial score (nSPS) is 13.0. The predicted molar refractivity (Wildman–Crippen MR) is 60.7 cm³/mol. The molecule has 0 aliphatic heterocycles. The largest absolute Gasteiger partial charge is 0.323 e. The van der Waals surface area contributed by atoms with E-state index in [1.165, 1.54) is 0 Å². The van der Waals surface area contributed by atoms with E-state index in [0.717, 1.165) is 22.7 Å². The van der Waals surface area contributed by atoms with E-state index in [-0.39, 0.29) is 6.04 Å². The van der Waals surface area contributed by atoms with Gasteiger partial charge in [-0.25, -0.2) is 4.98 Å². The van der Waals surface area contributed by atoms with Gasteiger partial charge in [-0.1, -0.05) is 0 Å². The number of aryl methyl sites for hydroxylation is 2. The van der Waals surface area contributed by atoms with Crippen molar-refractivity contribution in [2.75, 3.05) is 0 Å². The zero-order valence-electron chi connectivity index (χ0n) is 8.84. The lowest BCUT2D eigenvalue weighted by Gasteiger charge is -2.07. The third-order valence-corrected chi connectivity index (χ3v) is 3.13. The molecule has 0 radical (unpaired) electrons. The quantitative estimate of drug-likeness (QED) is 0.854. The van der Waals surface area contributed by atoms with Gasteiger partial charge in [0.15, 0.2) is 0 Å². The third-order valence-electron chi connectivity index (χ3n) is 2.33. The van der Waals surface area contributed by atoms with Crippen molar-refractivity contribution in [1.29, 1.82) is 0 Å². The number of rotatable bonds is 3. The molecule has 2 aromatic heterocycles. The molecule has 15 heavy (non-hydrogen) atoms. The van der Waals surface area contributed by atoms with Crippen molar-refractivity contribution >= 4 is 11.3 Å². The average Bonchev–Trinajstić information content (AvgIpc) is 2.75. The first kappa shape index (κ1) is 10.3. The number of thiazole rings is 1. The Kier molecular flexibility index (Phi) is 2.83. The van der Waals surface area contributed by atoms with E-state index in [0.29, 0.717) is 0 Å². The first-order valence-electron chi connectivity index (χ1n) is 4.81. The smallest absolute Gasteiger partial charge is 0.0943 e. The van der Waals surface area contributed by atoms with Crippen molar-refractivity contribution in [3.05, 3.63) is 34.0 Å². The Morgan fingerprint density at radius 1 is 1.60 bits per heavy atom. The van der Waals surface area contributed by atoms with Crippen LogP contribution in [0.2, 0.25) is 0 Å². The Bertz CT molecular complexity index is 432. The maximum absolute atomic E-state index is 6.11. The van der Waals surface area contributed by atoms with Crippen LogP contribution in [0.5, 0.6) is 0 Å². The van der Waals surface area contributed by atoms with Crippen LogP contribution in [0, 0.1) is 6.92 Å². The second-order valence-electron chi connectivity index (χ2n) is 3.58.